The zero-order chi connectivity index (χ0) is 12.7. The molecule has 0 fully saturated rings. The molecule has 0 aliphatic carbocycles. The Hall–Kier alpha value is -1.29. The number of nitrogens with one attached hydrogen (secondary N) is 2. The molecule has 0 radical (unpaired) electrons. The molecule has 0 aliphatic heterocycles. The van der Waals surface area contributed by atoms with Crippen LogP contribution in [0, 0.1) is 12.8 Å². The van der Waals surface area contributed by atoms with Crippen molar-refractivity contribution in [2.24, 2.45) is 5.92 Å². The summed E-state index contributed by atoms with van der Waals surface area (Å²) in [6.07, 6.45) is 1.02. The lowest BCUT2D eigenvalue weighted by molar-refractivity contribution is -0.120. The SMILES string of the molecule is Cc1ccc(CNCC(=O)NCCC(C)C)o1. The molecule has 0 aliphatic rings. The highest BCUT2D eigenvalue weighted by Crippen LogP contribution is 2.04. The molecule has 2 N–H and O–H groups in total. The first kappa shape index (κ1) is 13.8. The maximum atomic E-state index is 11.4. The van der Waals surface area contributed by atoms with Crippen LogP contribution in [0.3, 0.4) is 0 Å². The van der Waals surface area contributed by atoms with Crippen molar-refractivity contribution < 1.29 is 9.21 Å². The number of hydrogen-bond acceptors (Lipinski definition) is 3. The Labute approximate surface area is 103 Å². The molecule has 0 saturated heterocycles. The number of furan rings is 1. The second-order valence-electron chi connectivity index (χ2n) is 4.65. The van der Waals surface area contributed by atoms with E-state index < -0.39 is 0 Å². The van der Waals surface area contributed by atoms with E-state index in [9.17, 15) is 4.79 Å². The predicted octanol–water partition coefficient (Wildman–Crippen LogP) is 1.84. The van der Waals surface area contributed by atoms with Crippen LogP contribution in [-0.2, 0) is 11.3 Å². The van der Waals surface area contributed by atoms with Gasteiger partial charge < -0.3 is 15.1 Å². The van der Waals surface area contributed by atoms with Crippen molar-refractivity contribution in [3.63, 3.8) is 0 Å². The molecule has 4 nitrogen and oxygen atoms in total. The van der Waals surface area contributed by atoms with Crippen LogP contribution in [0.4, 0.5) is 0 Å². The minimum absolute atomic E-state index is 0.0360. The average Bonchev–Trinajstić information content (AvgIpc) is 2.63. The Balaban J connectivity index is 2.08. The second-order valence-corrected chi connectivity index (χ2v) is 4.65. The molecule has 1 heterocycles. The van der Waals surface area contributed by atoms with Gasteiger partial charge in [-0.25, -0.2) is 0 Å². The van der Waals surface area contributed by atoms with Gasteiger partial charge in [-0.1, -0.05) is 13.8 Å². The van der Waals surface area contributed by atoms with Gasteiger partial charge in [0.25, 0.3) is 0 Å². The molecular weight excluding hydrogens is 216 g/mol. The summed E-state index contributed by atoms with van der Waals surface area (Å²) >= 11 is 0. The largest absolute Gasteiger partial charge is 0.465 e. The van der Waals surface area contributed by atoms with Crippen molar-refractivity contribution in [3.8, 4) is 0 Å². The third-order valence-corrected chi connectivity index (χ3v) is 2.42. The lowest BCUT2D eigenvalue weighted by atomic mass is 10.1. The molecule has 1 aromatic rings. The molecule has 0 unspecified atom stereocenters. The van der Waals surface area contributed by atoms with Crippen LogP contribution in [0.2, 0.25) is 0 Å². The van der Waals surface area contributed by atoms with E-state index in [2.05, 4.69) is 24.5 Å². The van der Waals surface area contributed by atoms with Gasteiger partial charge in [0.15, 0.2) is 0 Å². The molecule has 1 amide bonds. The van der Waals surface area contributed by atoms with Crippen molar-refractivity contribution in [2.45, 2.75) is 33.7 Å². The molecular formula is C13H22N2O2. The standard InChI is InChI=1S/C13H22N2O2/c1-10(2)6-7-15-13(16)9-14-8-12-5-4-11(3)17-12/h4-5,10,14H,6-9H2,1-3H3,(H,15,16). The third-order valence-electron chi connectivity index (χ3n) is 2.42. The Bertz CT molecular complexity index is 345. The highest BCUT2D eigenvalue weighted by Gasteiger charge is 2.02. The minimum Gasteiger partial charge on any atom is -0.465 e. The Kier molecular flexibility index (Phi) is 5.77. The van der Waals surface area contributed by atoms with Gasteiger partial charge in [0, 0.05) is 6.54 Å². The van der Waals surface area contributed by atoms with E-state index in [1.807, 2.05) is 19.1 Å². The lowest BCUT2D eigenvalue weighted by Crippen LogP contribution is -2.34. The second kappa shape index (κ2) is 7.12. The van der Waals surface area contributed by atoms with Gasteiger partial charge in [0.05, 0.1) is 13.1 Å². The summed E-state index contributed by atoms with van der Waals surface area (Å²) in [4.78, 5) is 11.4. The fraction of sp³-hybridized carbons (Fsp3) is 0.615. The fourth-order valence-corrected chi connectivity index (χ4v) is 1.44. The van der Waals surface area contributed by atoms with E-state index in [0.29, 0.717) is 19.0 Å². The summed E-state index contributed by atoms with van der Waals surface area (Å²) in [6.45, 7) is 7.86. The lowest BCUT2D eigenvalue weighted by Gasteiger charge is -2.07. The summed E-state index contributed by atoms with van der Waals surface area (Å²) in [7, 11) is 0. The van der Waals surface area contributed by atoms with E-state index in [4.69, 9.17) is 4.42 Å². The Morgan fingerprint density at radius 2 is 2.18 bits per heavy atom. The van der Waals surface area contributed by atoms with Crippen LogP contribution >= 0.6 is 0 Å². The summed E-state index contributed by atoms with van der Waals surface area (Å²) < 4.78 is 5.38. The molecule has 0 spiro atoms. The first-order valence-corrected chi connectivity index (χ1v) is 6.10. The Morgan fingerprint density at radius 3 is 2.76 bits per heavy atom. The van der Waals surface area contributed by atoms with Crippen LogP contribution in [0.5, 0.6) is 0 Å². The molecule has 0 aromatic carbocycles. The molecule has 1 aromatic heterocycles. The highest BCUT2D eigenvalue weighted by atomic mass is 16.3. The molecule has 0 saturated carbocycles. The van der Waals surface area contributed by atoms with Crippen molar-refractivity contribution in [1.82, 2.24) is 10.6 Å². The number of amides is 1. The molecule has 1 rings (SSSR count). The topological polar surface area (TPSA) is 54.3 Å². The van der Waals surface area contributed by atoms with E-state index in [1.54, 1.807) is 0 Å². The maximum Gasteiger partial charge on any atom is 0.233 e. The van der Waals surface area contributed by atoms with Gasteiger partial charge in [0.2, 0.25) is 5.91 Å². The fourth-order valence-electron chi connectivity index (χ4n) is 1.44. The Morgan fingerprint density at radius 1 is 1.41 bits per heavy atom. The van der Waals surface area contributed by atoms with E-state index in [-0.39, 0.29) is 5.91 Å². The van der Waals surface area contributed by atoms with E-state index in [1.165, 1.54) is 0 Å². The first-order valence-electron chi connectivity index (χ1n) is 6.10. The van der Waals surface area contributed by atoms with Crippen molar-refractivity contribution in [2.75, 3.05) is 13.1 Å². The number of carbonyl (C=O) groups is 1. The highest BCUT2D eigenvalue weighted by molar-refractivity contribution is 5.77. The quantitative estimate of drug-likeness (QED) is 0.762. The monoisotopic (exact) mass is 238 g/mol. The van der Waals surface area contributed by atoms with Gasteiger partial charge in [-0.05, 0) is 31.4 Å². The van der Waals surface area contributed by atoms with Crippen LogP contribution in [0.25, 0.3) is 0 Å². The molecule has 0 atom stereocenters. The zero-order valence-corrected chi connectivity index (χ0v) is 10.9. The third kappa shape index (κ3) is 6.12. The van der Waals surface area contributed by atoms with Crippen LogP contribution in [-0.4, -0.2) is 19.0 Å². The number of carbonyl (C=O) groups excluding carboxylic acids is 1. The maximum absolute atomic E-state index is 11.4. The van der Waals surface area contributed by atoms with Gasteiger partial charge in [-0.3, -0.25) is 4.79 Å². The van der Waals surface area contributed by atoms with Gasteiger partial charge in [-0.2, -0.15) is 0 Å². The first-order chi connectivity index (χ1) is 8.08. The molecule has 96 valence electrons. The van der Waals surface area contributed by atoms with E-state index >= 15 is 0 Å². The van der Waals surface area contributed by atoms with Crippen molar-refractivity contribution >= 4 is 5.91 Å². The number of aryl methyl sites for hydroxylation is 1. The predicted molar refractivity (Wildman–Crippen MR) is 67.6 cm³/mol. The van der Waals surface area contributed by atoms with Gasteiger partial charge >= 0.3 is 0 Å². The molecule has 4 heteroatoms. The summed E-state index contributed by atoms with van der Waals surface area (Å²) in [5, 5.41) is 5.92. The van der Waals surface area contributed by atoms with Crippen molar-refractivity contribution in [3.05, 3.63) is 23.7 Å². The number of hydrogen-bond donors (Lipinski definition) is 2. The zero-order valence-electron chi connectivity index (χ0n) is 10.9. The smallest absolute Gasteiger partial charge is 0.233 e. The van der Waals surface area contributed by atoms with Crippen LogP contribution in [0.1, 0.15) is 31.8 Å². The normalized spacial score (nSPS) is 10.8. The summed E-state index contributed by atoms with van der Waals surface area (Å²) in [5.41, 5.74) is 0. The average molecular weight is 238 g/mol. The molecule has 17 heavy (non-hydrogen) atoms. The van der Waals surface area contributed by atoms with Gasteiger partial charge in [-0.15, -0.1) is 0 Å². The van der Waals surface area contributed by atoms with Crippen LogP contribution < -0.4 is 10.6 Å². The van der Waals surface area contributed by atoms with Crippen LogP contribution in [0.15, 0.2) is 16.5 Å². The van der Waals surface area contributed by atoms with Gasteiger partial charge in [0.1, 0.15) is 11.5 Å². The van der Waals surface area contributed by atoms with E-state index in [0.717, 1.165) is 24.5 Å². The van der Waals surface area contributed by atoms with Crippen molar-refractivity contribution in [1.29, 1.82) is 0 Å². The molecule has 0 bridgehead atoms. The minimum atomic E-state index is 0.0360. The number of rotatable bonds is 7. The summed E-state index contributed by atoms with van der Waals surface area (Å²) in [6, 6.07) is 3.83. The summed E-state index contributed by atoms with van der Waals surface area (Å²) in [5.74, 6) is 2.41.